The Morgan fingerprint density at radius 2 is 1.70 bits per heavy atom. The van der Waals surface area contributed by atoms with Crippen molar-refractivity contribution in [2.24, 2.45) is 5.10 Å². The zero-order valence-corrected chi connectivity index (χ0v) is 30.1. The van der Waals surface area contributed by atoms with Gasteiger partial charge >= 0.3 is 0 Å². The molecule has 0 spiro atoms. The maximum absolute atomic E-state index is 14.9. The van der Waals surface area contributed by atoms with Gasteiger partial charge in [0.2, 0.25) is 11.8 Å². The first-order chi connectivity index (χ1) is 27.1. The highest BCUT2D eigenvalue weighted by molar-refractivity contribution is 6.08. The molecule has 0 unspecified atom stereocenters. The van der Waals surface area contributed by atoms with E-state index < -0.39 is 54.7 Å². The van der Waals surface area contributed by atoms with Crippen LogP contribution in [0, 0.1) is 0 Å². The average molecular weight is 751 g/mol. The smallest absolute Gasteiger partial charge is 0.267 e. The number of hydrogen-bond acceptors (Lipinski definition) is 8. The first kappa shape index (κ1) is 35.0. The van der Waals surface area contributed by atoms with Crippen molar-refractivity contribution in [3.63, 3.8) is 0 Å². The van der Waals surface area contributed by atoms with Crippen molar-refractivity contribution >= 4 is 40.5 Å². The SMILES string of the molecule is C=C1NN=C2c3cc(-c4ccccc4)c(-c4ccc(C5(NC(=O)[C@@H]6CC(F)(F)CN6C(=O)CNC(=O)c6ccnc7ccccc67)CCC5)cc4)nc3C=CN12. The van der Waals surface area contributed by atoms with E-state index in [0.29, 0.717) is 41.0 Å². The fourth-order valence-corrected chi connectivity index (χ4v) is 7.98. The summed E-state index contributed by atoms with van der Waals surface area (Å²) in [6.45, 7) is 2.56. The number of pyridine rings is 2. The molecule has 1 saturated carbocycles. The summed E-state index contributed by atoms with van der Waals surface area (Å²) in [6, 6.07) is 27.1. The zero-order chi connectivity index (χ0) is 38.6. The summed E-state index contributed by atoms with van der Waals surface area (Å²) in [6.07, 6.45) is 6.54. The number of carbonyl (C=O) groups excluding carboxylic acids is 3. The van der Waals surface area contributed by atoms with E-state index in [9.17, 15) is 23.2 Å². The van der Waals surface area contributed by atoms with Gasteiger partial charge in [-0.25, -0.2) is 13.8 Å². The lowest BCUT2D eigenvalue weighted by Crippen LogP contribution is -2.57. The number of rotatable bonds is 8. The molecular weight excluding hydrogens is 715 g/mol. The van der Waals surface area contributed by atoms with E-state index >= 15 is 0 Å². The van der Waals surface area contributed by atoms with E-state index in [0.717, 1.165) is 50.5 Å². The predicted molar refractivity (Wildman–Crippen MR) is 208 cm³/mol. The second kappa shape index (κ2) is 13.5. The minimum atomic E-state index is -3.27. The molecule has 13 heteroatoms. The van der Waals surface area contributed by atoms with Crippen LogP contribution in [0.25, 0.3) is 39.4 Å². The molecule has 2 fully saturated rings. The molecule has 9 rings (SSSR count). The molecule has 0 radical (unpaired) electrons. The fraction of sp³-hybridized carbons (Fsp3) is 0.209. The number of fused-ring (bicyclic) bond motifs is 4. The first-order valence-corrected chi connectivity index (χ1v) is 18.4. The molecule has 1 atom stereocenters. The quantitative estimate of drug-likeness (QED) is 0.174. The van der Waals surface area contributed by atoms with Crippen LogP contribution in [-0.2, 0) is 15.1 Å². The second-order valence-electron chi connectivity index (χ2n) is 14.5. The number of likely N-dealkylation sites (tertiary alicyclic amines) is 1. The van der Waals surface area contributed by atoms with Gasteiger partial charge in [0.15, 0.2) is 5.84 Å². The Morgan fingerprint density at radius 1 is 0.929 bits per heavy atom. The van der Waals surface area contributed by atoms with Crippen LogP contribution in [0.4, 0.5) is 8.78 Å². The Balaban J connectivity index is 0.944. The molecule has 5 aromatic rings. The van der Waals surface area contributed by atoms with Gasteiger partial charge in [-0.3, -0.25) is 29.7 Å². The number of amidine groups is 1. The maximum atomic E-state index is 14.9. The molecule has 3 amide bonds. The first-order valence-electron chi connectivity index (χ1n) is 18.4. The van der Waals surface area contributed by atoms with Crippen molar-refractivity contribution in [2.45, 2.75) is 43.2 Å². The Bertz CT molecular complexity index is 2490. The third kappa shape index (κ3) is 6.14. The Kier molecular flexibility index (Phi) is 8.44. The minimum Gasteiger partial charge on any atom is -0.345 e. The van der Waals surface area contributed by atoms with E-state index in [4.69, 9.17) is 4.98 Å². The van der Waals surface area contributed by atoms with Gasteiger partial charge in [0.05, 0.1) is 41.1 Å². The summed E-state index contributed by atoms with van der Waals surface area (Å²) in [5.74, 6) is -3.86. The van der Waals surface area contributed by atoms with Gasteiger partial charge < -0.3 is 15.5 Å². The van der Waals surface area contributed by atoms with Gasteiger partial charge in [-0.15, -0.1) is 0 Å². The van der Waals surface area contributed by atoms with Crippen LogP contribution < -0.4 is 16.1 Å². The molecule has 3 N–H and O–H groups in total. The number of hydrazone groups is 1. The summed E-state index contributed by atoms with van der Waals surface area (Å²) >= 11 is 0. The lowest BCUT2D eigenvalue weighted by molar-refractivity contribution is -0.139. The molecule has 280 valence electrons. The molecular formula is C43H36F2N8O3. The van der Waals surface area contributed by atoms with Crippen molar-refractivity contribution in [1.82, 2.24) is 35.8 Å². The van der Waals surface area contributed by atoms with Gasteiger partial charge in [0, 0.05) is 40.9 Å². The highest BCUT2D eigenvalue weighted by Crippen LogP contribution is 2.44. The van der Waals surface area contributed by atoms with Crippen LogP contribution >= 0.6 is 0 Å². The zero-order valence-electron chi connectivity index (χ0n) is 30.1. The predicted octanol–water partition coefficient (Wildman–Crippen LogP) is 6.15. The van der Waals surface area contributed by atoms with E-state index in [1.54, 1.807) is 24.3 Å². The lowest BCUT2D eigenvalue weighted by Gasteiger charge is -2.44. The number of para-hydroxylation sites is 1. The fourth-order valence-electron chi connectivity index (χ4n) is 7.98. The number of benzene rings is 3. The third-order valence-corrected chi connectivity index (χ3v) is 11.0. The number of aromatic nitrogens is 2. The van der Waals surface area contributed by atoms with E-state index in [2.05, 4.69) is 38.8 Å². The van der Waals surface area contributed by atoms with Gasteiger partial charge in [-0.2, -0.15) is 5.10 Å². The highest BCUT2D eigenvalue weighted by atomic mass is 19.3. The minimum absolute atomic E-state index is 0.303. The normalized spacial score (nSPS) is 18.7. The van der Waals surface area contributed by atoms with Crippen LogP contribution in [0.15, 0.2) is 121 Å². The van der Waals surface area contributed by atoms with Crippen molar-refractivity contribution in [3.05, 3.63) is 138 Å². The number of nitrogens with zero attached hydrogens (tertiary/aromatic N) is 5. The van der Waals surface area contributed by atoms with Crippen LogP contribution in [0.1, 0.15) is 52.9 Å². The number of carbonyl (C=O) groups is 3. The van der Waals surface area contributed by atoms with Crippen molar-refractivity contribution in [2.75, 3.05) is 13.1 Å². The van der Waals surface area contributed by atoms with Crippen LogP contribution in [0.3, 0.4) is 0 Å². The number of amides is 3. The lowest BCUT2D eigenvalue weighted by atomic mass is 9.71. The number of hydrogen-bond donors (Lipinski definition) is 3. The van der Waals surface area contributed by atoms with Crippen molar-refractivity contribution in [1.29, 1.82) is 0 Å². The Labute approximate surface area is 320 Å². The summed E-state index contributed by atoms with van der Waals surface area (Å²) in [4.78, 5) is 52.5. The second-order valence-corrected chi connectivity index (χ2v) is 14.5. The molecule has 4 aliphatic rings. The standard InChI is InChI=1S/C43H36F2N8O3/c1-26-50-51-39-33-22-32(27-8-3-2-4-9-27)38(48-35(33)17-21-52(26)39)28-12-14-29(15-13-28)42(18-7-19-42)49-41(56)36-23-43(44,45)25-53(36)37(54)24-47-40(55)31-16-20-46-34-11-6-5-10-30(31)34/h2-6,8-17,20-22,36,50H,1,7,18-19,23-25H2,(H,47,55)(H,49,56)/t36-/m0/s1. The third-order valence-electron chi connectivity index (χ3n) is 11.0. The largest absolute Gasteiger partial charge is 0.345 e. The summed E-state index contributed by atoms with van der Waals surface area (Å²) in [7, 11) is 0. The Hall–Kier alpha value is -6.76. The maximum Gasteiger partial charge on any atom is 0.267 e. The van der Waals surface area contributed by atoms with Gasteiger partial charge in [-0.1, -0.05) is 79.4 Å². The topological polar surface area (TPSA) is 132 Å². The van der Waals surface area contributed by atoms with E-state index in [1.165, 1.54) is 12.3 Å². The molecule has 5 heterocycles. The average Bonchev–Trinajstić information content (AvgIpc) is 3.76. The monoisotopic (exact) mass is 750 g/mol. The number of halogens is 2. The van der Waals surface area contributed by atoms with Gasteiger partial charge in [0.1, 0.15) is 11.9 Å². The molecule has 1 aliphatic carbocycles. The molecule has 2 aromatic heterocycles. The van der Waals surface area contributed by atoms with Gasteiger partial charge in [0.25, 0.3) is 11.8 Å². The molecule has 56 heavy (non-hydrogen) atoms. The van der Waals surface area contributed by atoms with Crippen molar-refractivity contribution in [3.8, 4) is 22.4 Å². The molecule has 3 aliphatic heterocycles. The molecule has 1 saturated heterocycles. The summed E-state index contributed by atoms with van der Waals surface area (Å²) in [5, 5.41) is 10.7. The van der Waals surface area contributed by atoms with Crippen molar-refractivity contribution < 1.29 is 23.2 Å². The van der Waals surface area contributed by atoms with E-state index in [1.807, 2.05) is 71.8 Å². The van der Waals surface area contributed by atoms with Crippen LogP contribution in [-0.4, -0.2) is 68.4 Å². The summed E-state index contributed by atoms with van der Waals surface area (Å²) < 4.78 is 29.8. The number of alkyl halides is 2. The molecule has 0 bridgehead atoms. The highest BCUT2D eigenvalue weighted by Gasteiger charge is 2.52. The van der Waals surface area contributed by atoms with Crippen LogP contribution in [0.2, 0.25) is 0 Å². The van der Waals surface area contributed by atoms with Crippen LogP contribution in [0.5, 0.6) is 0 Å². The molecule has 11 nitrogen and oxygen atoms in total. The van der Waals surface area contributed by atoms with E-state index in [-0.39, 0.29) is 0 Å². The Morgan fingerprint density at radius 3 is 2.46 bits per heavy atom. The number of nitrogens with one attached hydrogen (secondary N) is 3. The molecule has 3 aromatic carbocycles. The van der Waals surface area contributed by atoms with Gasteiger partial charge in [-0.05, 0) is 54.7 Å². The summed E-state index contributed by atoms with van der Waals surface area (Å²) in [5.41, 5.74) is 9.04.